The number of carboxylic acids is 1. The van der Waals surface area contributed by atoms with Gasteiger partial charge in [0.2, 0.25) is 0 Å². The number of carboxylic acid groups (broad SMARTS) is 1. The molecule has 0 fully saturated rings. The number of para-hydroxylation sites is 1. The minimum absolute atomic E-state index is 0.0532. The van der Waals surface area contributed by atoms with Crippen molar-refractivity contribution in [2.45, 2.75) is 16.6 Å². The van der Waals surface area contributed by atoms with Gasteiger partial charge in [-0.1, -0.05) is 18.2 Å². The number of aliphatic carboxylic acids is 1. The Bertz CT molecular complexity index is 636. The van der Waals surface area contributed by atoms with Crippen molar-refractivity contribution in [3.8, 4) is 5.75 Å². The highest BCUT2D eigenvalue weighted by molar-refractivity contribution is 8.01. The quantitative estimate of drug-likeness (QED) is 0.822. The molecule has 1 aliphatic rings. The molecule has 120 valence electrons. The first-order chi connectivity index (χ1) is 9.96. The van der Waals surface area contributed by atoms with Gasteiger partial charge in [-0.15, -0.1) is 0 Å². The second kappa shape index (κ2) is 5.11. The van der Waals surface area contributed by atoms with E-state index in [1.165, 1.54) is 18.2 Å². The molecule has 1 aliphatic heterocycles. The molecule has 1 heterocycles. The van der Waals surface area contributed by atoms with Gasteiger partial charge in [-0.05, 0) is 12.1 Å². The van der Waals surface area contributed by atoms with E-state index in [9.17, 15) is 31.1 Å². The van der Waals surface area contributed by atoms with Crippen LogP contribution in [0.25, 0.3) is 6.08 Å². The number of hydrogen-bond acceptors (Lipinski definition) is 3. The van der Waals surface area contributed by atoms with Crippen LogP contribution in [0.5, 0.6) is 5.75 Å². The standard InChI is InChI=1S/C12H6F6O3S/c13-11(14,15)10(22-12(16,17)18)7(9(19)20)5-6-3-1-2-4-8(6)21-10/h1-5H,(H,19,20). The molecule has 3 nitrogen and oxygen atoms in total. The normalized spacial score (nSPS) is 21.6. The second-order valence-corrected chi connectivity index (χ2v) is 5.41. The van der Waals surface area contributed by atoms with Crippen molar-refractivity contribution in [1.29, 1.82) is 0 Å². The van der Waals surface area contributed by atoms with Gasteiger partial charge in [0.15, 0.2) is 0 Å². The van der Waals surface area contributed by atoms with E-state index in [-0.39, 0.29) is 5.56 Å². The van der Waals surface area contributed by atoms with Gasteiger partial charge in [-0.3, -0.25) is 0 Å². The Kier molecular flexibility index (Phi) is 3.84. The molecule has 2 rings (SSSR count). The average molecular weight is 344 g/mol. The van der Waals surface area contributed by atoms with Crippen LogP contribution in [0, 0.1) is 0 Å². The lowest BCUT2D eigenvalue weighted by Crippen LogP contribution is -2.53. The molecule has 1 aromatic carbocycles. The molecule has 10 heteroatoms. The highest BCUT2D eigenvalue weighted by atomic mass is 32.2. The zero-order valence-corrected chi connectivity index (χ0v) is 11.1. The van der Waals surface area contributed by atoms with Gasteiger partial charge < -0.3 is 9.84 Å². The fraction of sp³-hybridized carbons (Fsp3) is 0.250. The molecule has 1 unspecified atom stereocenters. The first-order valence-electron chi connectivity index (χ1n) is 5.53. The minimum Gasteiger partial charge on any atom is -0.478 e. The van der Waals surface area contributed by atoms with E-state index in [0.717, 1.165) is 6.07 Å². The third-order valence-electron chi connectivity index (χ3n) is 2.69. The topological polar surface area (TPSA) is 46.5 Å². The van der Waals surface area contributed by atoms with Gasteiger partial charge >= 0.3 is 17.7 Å². The summed E-state index contributed by atoms with van der Waals surface area (Å²) in [5.74, 6) is -2.63. The summed E-state index contributed by atoms with van der Waals surface area (Å²) in [7, 11) is 0. The number of rotatable bonds is 2. The van der Waals surface area contributed by atoms with E-state index < -0.39 is 45.7 Å². The summed E-state index contributed by atoms with van der Waals surface area (Å²) in [5.41, 5.74) is -6.96. The van der Waals surface area contributed by atoms with Crippen LogP contribution in [0.3, 0.4) is 0 Å². The Labute approximate surface area is 123 Å². The minimum atomic E-state index is -5.61. The van der Waals surface area contributed by atoms with Crippen molar-refractivity contribution in [3.63, 3.8) is 0 Å². The lowest BCUT2D eigenvalue weighted by molar-refractivity contribution is -0.203. The van der Waals surface area contributed by atoms with Crippen molar-refractivity contribution in [1.82, 2.24) is 0 Å². The highest BCUT2D eigenvalue weighted by Gasteiger charge is 2.68. The SMILES string of the molecule is O=C(O)C1=Cc2ccccc2OC1(SC(F)(F)F)C(F)(F)F. The number of hydrogen-bond donors (Lipinski definition) is 1. The Morgan fingerprint density at radius 2 is 1.73 bits per heavy atom. The van der Waals surface area contributed by atoms with E-state index in [4.69, 9.17) is 5.11 Å². The number of ether oxygens (including phenoxy) is 1. The van der Waals surface area contributed by atoms with Crippen molar-refractivity contribution in [3.05, 3.63) is 35.4 Å². The number of alkyl halides is 6. The van der Waals surface area contributed by atoms with Crippen LogP contribution in [0.1, 0.15) is 5.56 Å². The Balaban J connectivity index is 2.69. The number of thioether (sulfide) groups is 1. The first-order valence-corrected chi connectivity index (χ1v) is 6.35. The maximum Gasteiger partial charge on any atom is 0.446 e. The summed E-state index contributed by atoms with van der Waals surface area (Å²) in [6.45, 7) is 0. The van der Waals surface area contributed by atoms with Gasteiger partial charge in [0.25, 0.3) is 4.93 Å². The second-order valence-electron chi connectivity index (χ2n) is 4.17. The maximum absolute atomic E-state index is 13.3. The van der Waals surface area contributed by atoms with E-state index in [2.05, 4.69) is 4.74 Å². The van der Waals surface area contributed by atoms with Crippen LogP contribution >= 0.6 is 11.8 Å². The molecule has 0 radical (unpaired) electrons. The third kappa shape index (κ3) is 2.87. The molecular formula is C12H6F6O3S. The number of fused-ring (bicyclic) bond motifs is 1. The summed E-state index contributed by atoms with van der Waals surface area (Å²) in [6.07, 6.45) is -5.07. The molecular weight excluding hydrogens is 338 g/mol. The van der Waals surface area contributed by atoms with E-state index in [1.807, 2.05) is 0 Å². The summed E-state index contributed by atoms with van der Waals surface area (Å²) < 4.78 is 82.1. The third-order valence-corrected chi connectivity index (χ3v) is 3.74. The maximum atomic E-state index is 13.3. The summed E-state index contributed by atoms with van der Waals surface area (Å²) in [4.78, 5) is 7.02. The zero-order valence-electron chi connectivity index (χ0n) is 10.3. The molecule has 1 N–H and O–H groups in total. The Hall–Kier alpha value is -1.84. The van der Waals surface area contributed by atoms with Crippen molar-refractivity contribution < 1.29 is 41.0 Å². The van der Waals surface area contributed by atoms with Gasteiger partial charge in [0, 0.05) is 17.3 Å². The van der Waals surface area contributed by atoms with Crippen LogP contribution in [0.4, 0.5) is 26.3 Å². The largest absolute Gasteiger partial charge is 0.478 e. The fourth-order valence-electron chi connectivity index (χ4n) is 1.86. The summed E-state index contributed by atoms with van der Waals surface area (Å²) in [6, 6.07) is 4.91. The first kappa shape index (κ1) is 16.5. The van der Waals surface area contributed by atoms with Gasteiger partial charge in [0.1, 0.15) is 11.3 Å². The molecule has 0 spiro atoms. The molecule has 0 aliphatic carbocycles. The molecule has 22 heavy (non-hydrogen) atoms. The van der Waals surface area contributed by atoms with Gasteiger partial charge in [-0.25, -0.2) is 4.79 Å². The lowest BCUT2D eigenvalue weighted by atomic mass is 10.0. The van der Waals surface area contributed by atoms with E-state index in [1.54, 1.807) is 0 Å². The summed E-state index contributed by atoms with van der Waals surface area (Å²) in [5, 5.41) is 8.93. The van der Waals surface area contributed by atoms with Crippen LogP contribution < -0.4 is 4.74 Å². The predicted molar refractivity (Wildman–Crippen MR) is 65.1 cm³/mol. The van der Waals surface area contributed by atoms with Crippen LogP contribution in [0.2, 0.25) is 0 Å². The monoisotopic (exact) mass is 344 g/mol. The van der Waals surface area contributed by atoms with E-state index >= 15 is 0 Å². The summed E-state index contributed by atoms with van der Waals surface area (Å²) >= 11 is -1.56. The van der Waals surface area contributed by atoms with Crippen molar-refractivity contribution in [2.75, 3.05) is 0 Å². The van der Waals surface area contributed by atoms with E-state index in [0.29, 0.717) is 6.08 Å². The number of carbonyl (C=O) groups is 1. The molecule has 0 bridgehead atoms. The van der Waals surface area contributed by atoms with Gasteiger partial charge in [-0.2, -0.15) is 26.3 Å². The fourth-order valence-corrected chi connectivity index (χ4v) is 2.69. The molecule has 0 aromatic heterocycles. The molecule has 1 atom stereocenters. The van der Waals surface area contributed by atoms with Crippen molar-refractivity contribution in [2.24, 2.45) is 0 Å². The van der Waals surface area contributed by atoms with Crippen LogP contribution in [-0.2, 0) is 4.79 Å². The van der Waals surface area contributed by atoms with Crippen LogP contribution in [0.15, 0.2) is 29.8 Å². The number of benzene rings is 1. The highest BCUT2D eigenvalue weighted by Crippen LogP contribution is 2.56. The Morgan fingerprint density at radius 3 is 2.23 bits per heavy atom. The molecule has 0 saturated heterocycles. The molecule has 1 aromatic rings. The van der Waals surface area contributed by atoms with Gasteiger partial charge in [0.05, 0.1) is 0 Å². The van der Waals surface area contributed by atoms with Crippen LogP contribution in [-0.4, -0.2) is 27.7 Å². The predicted octanol–water partition coefficient (Wildman–Crippen LogP) is 4.06. The zero-order chi connectivity index (χ0) is 16.8. The van der Waals surface area contributed by atoms with Crippen molar-refractivity contribution >= 4 is 23.8 Å². The molecule has 0 amide bonds. The number of halogens is 6. The lowest BCUT2D eigenvalue weighted by Gasteiger charge is -2.38. The average Bonchev–Trinajstić information content (AvgIpc) is 2.34. The Morgan fingerprint density at radius 1 is 1.14 bits per heavy atom. The molecule has 0 saturated carbocycles. The smallest absolute Gasteiger partial charge is 0.446 e.